The highest BCUT2D eigenvalue weighted by molar-refractivity contribution is 5.97. The molecule has 0 bridgehead atoms. The van der Waals surface area contributed by atoms with Crippen LogP contribution in [0.5, 0.6) is 0 Å². The molecule has 0 aromatic heterocycles. The molecular formula is C8H13N3O2. The molecule has 0 spiro atoms. The van der Waals surface area contributed by atoms with Crippen molar-refractivity contribution in [3.05, 3.63) is 0 Å². The van der Waals surface area contributed by atoms with Crippen LogP contribution in [-0.2, 0) is 9.59 Å². The van der Waals surface area contributed by atoms with E-state index in [1.807, 2.05) is 0 Å². The molecule has 1 heterocycles. The molecular weight excluding hydrogens is 170 g/mol. The van der Waals surface area contributed by atoms with Crippen LogP contribution in [0, 0.1) is 5.41 Å². The van der Waals surface area contributed by atoms with E-state index in [2.05, 4.69) is 0 Å². The third-order valence-corrected chi connectivity index (χ3v) is 2.08. The molecule has 1 saturated heterocycles. The summed E-state index contributed by atoms with van der Waals surface area (Å²) in [6.07, 6.45) is 0. The lowest BCUT2D eigenvalue weighted by atomic mass is 10.3. The normalized spacial score (nSPS) is 17.5. The standard InChI is InChI=1S/C8H13N3O2/c1-6(9)10-3-4-11(7(2)12)8(13)5-10/h9H,3-5H2,1-2H3. The van der Waals surface area contributed by atoms with E-state index >= 15 is 0 Å². The van der Waals surface area contributed by atoms with Crippen LogP contribution >= 0.6 is 0 Å². The second-order valence-corrected chi connectivity index (χ2v) is 3.07. The van der Waals surface area contributed by atoms with Crippen LogP contribution in [0.2, 0.25) is 0 Å². The molecule has 72 valence electrons. The number of rotatable bonds is 0. The maximum absolute atomic E-state index is 11.3. The highest BCUT2D eigenvalue weighted by Crippen LogP contribution is 2.03. The van der Waals surface area contributed by atoms with Gasteiger partial charge in [0.15, 0.2) is 0 Å². The van der Waals surface area contributed by atoms with E-state index < -0.39 is 0 Å². The minimum atomic E-state index is -0.217. The number of imide groups is 1. The van der Waals surface area contributed by atoms with Crippen molar-refractivity contribution in [2.24, 2.45) is 0 Å². The monoisotopic (exact) mass is 183 g/mol. The lowest BCUT2D eigenvalue weighted by molar-refractivity contribution is -0.146. The number of amidine groups is 1. The Morgan fingerprint density at radius 1 is 1.38 bits per heavy atom. The van der Waals surface area contributed by atoms with Gasteiger partial charge in [-0.25, -0.2) is 0 Å². The number of piperazine rings is 1. The summed E-state index contributed by atoms with van der Waals surface area (Å²) in [5.41, 5.74) is 0. The zero-order valence-corrected chi connectivity index (χ0v) is 7.83. The largest absolute Gasteiger partial charge is 0.350 e. The van der Waals surface area contributed by atoms with Gasteiger partial charge in [-0.1, -0.05) is 0 Å². The fourth-order valence-corrected chi connectivity index (χ4v) is 1.29. The first-order chi connectivity index (χ1) is 6.02. The van der Waals surface area contributed by atoms with Gasteiger partial charge in [0.05, 0.1) is 12.4 Å². The Morgan fingerprint density at radius 2 is 2.00 bits per heavy atom. The van der Waals surface area contributed by atoms with Crippen LogP contribution in [0.4, 0.5) is 0 Å². The Hall–Kier alpha value is -1.39. The minimum absolute atomic E-state index is 0.148. The number of hydrogen-bond donors (Lipinski definition) is 1. The molecule has 1 rings (SSSR count). The molecule has 1 N–H and O–H groups in total. The Labute approximate surface area is 76.8 Å². The smallest absolute Gasteiger partial charge is 0.248 e. The van der Waals surface area contributed by atoms with Crippen molar-refractivity contribution in [3.8, 4) is 0 Å². The van der Waals surface area contributed by atoms with Gasteiger partial charge in [-0.2, -0.15) is 0 Å². The summed E-state index contributed by atoms with van der Waals surface area (Å²) in [5.74, 6) is -0.0609. The van der Waals surface area contributed by atoms with Crippen molar-refractivity contribution in [1.29, 1.82) is 5.41 Å². The predicted octanol–water partition coefficient (Wildman–Crippen LogP) is -0.326. The molecule has 0 aromatic carbocycles. The average molecular weight is 183 g/mol. The fraction of sp³-hybridized carbons (Fsp3) is 0.625. The van der Waals surface area contributed by atoms with Crippen molar-refractivity contribution in [2.75, 3.05) is 19.6 Å². The molecule has 13 heavy (non-hydrogen) atoms. The number of carbonyl (C=O) groups is 2. The molecule has 1 aliphatic heterocycles. The van der Waals surface area contributed by atoms with Gasteiger partial charge in [0.1, 0.15) is 0 Å². The van der Waals surface area contributed by atoms with Gasteiger partial charge >= 0.3 is 0 Å². The fourth-order valence-electron chi connectivity index (χ4n) is 1.29. The molecule has 0 aromatic rings. The van der Waals surface area contributed by atoms with Crippen LogP contribution in [0.3, 0.4) is 0 Å². The van der Waals surface area contributed by atoms with Gasteiger partial charge in [0, 0.05) is 20.0 Å². The highest BCUT2D eigenvalue weighted by Gasteiger charge is 2.26. The average Bonchev–Trinajstić information content (AvgIpc) is 2.03. The third kappa shape index (κ3) is 2.05. The molecule has 5 heteroatoms. The summed E-state index contributed by atoms with van der Waals surface area (Å²) in [6, 6.07) is 0. The summed E-state index contributed by atoms with van der Waals surface area (Å²) >= 11 is 0. The van der Waals surface area contributed by atoms with Gasteiger partial charge in [0.25, 0.3) is 0 Å². The highest BCUT2D eigenvalue weighted by atomic mass is 16.2. The predicted molar refractivity (Wildman–Crippen MR) is 47.4 cm³/mol. The van der Waals surface area contributed by atoms with E-state index in [9.17, 15) is 9.59 Å². The lowest BCUT2D eigenvalue weighted by Crippen LogP contribution is -2.53. The van der Waals surface area contributed by atoms with E-state index in [0.29, 0.717) is 18.9 Å². The van der Waals surface area contributed by atoms with Crippen LogP contribution in [0.1, 0.15) is 13.8 Å². The molecule has 0 saturated carbocycles. The Morgan fingerprint density at radius 3 is 2.38 bits per heavy atom. The summed E-state index contributed by atoms with van der Waals surface area (Å²) in [5, 5.41) is 7.32. The summed E-state index contributed by atoms with van der Waals surface area (Å²) in [7, 11) is 0. The Kier molecular flexibility index (Phi) is 2.65. The number of nitrogens with one attached hydrogen (secondary N) is 1. The van der Waals surface area contributed by atoms with Crippen molar-refractivity contribution >= 4 is 17.6 Å². The van der Waals surface area contributed by atoms with Gasteiger partial charge < -0.3 is 4.90 Å². The number of nitrogens with zero attached hydrogens (tertiary/aromatic N) is 2. The summed E-state index contributed by atoms with van der Waals surface area (Å²) in [4.78, 5) is 25.1. The molecule has 1 fully saturated rings. The molecule has 0 atom stereocenters. The first-order valence-electron chi connectivity index (χ1n) is 4.13. The zero-order valence-electron chi connectivity index (χ0n) is 7.83. The number of carbonyl (C=O) groups excluding carboxylic acids is 2. The van der Waals surface area contributed by atoms with Crippen molar-refractivity contribution in [2.45, 2.75) is 13.8 Å². The molecule has 0 radical (unpaired) electrons. The van der Waals surface area contributed by atoms with E-state index in [4.69, 9.17) is 5.41 Å². The maximum atomic E-state index is 11.3. The van der Waals surface area contributed by atoms with Gasteiger partial charge in [-0.15, -0.1) is 0 Å². The summed E-state index contributed by atoms with van der Waals surface area (Å²) in [6.45, 7) is 4.13. The zero-order chi connectivity index (χ0) is 10.0. The van der Waals surface area contributed by atoms with Crippen molar-refractivity contribution < 1.29 is 9.59 Å². The first-order valence-corrected chi connectivity index (χ1v) is 4.13. The van der Waals surface area contributed by atoms with Crippen LogP contribution in [0.15, 0.2) is 0 Å². The van der Waals surface area contributed by atoms with E-state index in [1.54, 1.807) is 11.8 Å². The third-order valence-electron chi connectivity index (χ3n) is 2.08. The molecule has 0 unspecified atom stereocenters. The number of amides is 2. The van der Waals surface area contributed by atoms with Crippen molar-refractivity contribution in [3.63, 3.8) is 0 Å². The minimum Gasteiger partial charge on any atom is -0.350 e. The van der Waals surface area contributed by atoms with Crippen LogP contribution < -0.4 is 0 Å². The first kappa shape index (κ1) is 9.70. The van der Waals surface area contributed by atoms with Crippen molar-refractivity contribution in [1.82, 2.24) is 9.80 Å². The SMILES string of the molecule is CC(=N)N1CCN(C(C)=O)C(=O)C1. The molecule has 2 amide bonds. The molecule has 5 nitrogen and oxygen atoms in total. The molecule has 0 aliphatic carbocycles. The van der Waals surface area contributed by atoms with E-state index in [1.165, 1.54) is 11.8 Å². The van der Waals surface area contributed by atoms with Gasteiger partial charge in [0.2, 0.25) is 11.8 Å². The van der Waals surface area contributed by atoms with E-state index in [-0.39, 0.29) is 18.4 Å². The Bertz CT molecular complexity index is 262. The lowest BCUT2D eigenvalue weighted by Gasteiger charge is -2.33. The summed E-state index contributed by atoms with van der Waals surface area (Å²) < 4.78 is 0. The van der Waals surface area contributed by atoms with Gasteiger partial charge in [-0.05, 0) is 6.92 Å². The quantitative estimate of drug-likeness (QED) is 0.413. The molecule has 1 aliphatic rings. The van der Waals surface area contributed by atoms with Gasteiger partial charge in [-0.3, -0.25) is 19.9 Å². The topological polar surface area (TPSA) is 64.5 Å². The van der Waals surface area contributed by atoms with E-state index in [0.717, 1.165) is 0 Å². The number of hydrogen-bond acceptors (Lipinski definition) is 3. The second-order valence-electron chi connectivity index (χ2n) is 3.07. The maximum Gasteiger partial charge on any atom is 0.248 e. The van der Waals surface area contributed by atoms with Crippen LogP contribution in [0.25, 0.3) is 0 Å². The van der Waals surface area contributed by atoms with Crippen LogP contribution in [-0.4, -0.2) is 47.1 Å². The second kappa shape index (κ2) is 3.55. The Balaban J connectivity index is 2.62.